The van der Waals surface area contributed by atoms with Crippen LogP contribution < -0.4 is 10.6 Å². The van der Waals surface area contributed by atoms with Gasteiger partial charge in [0.2, 0.25) is 0 Å². The van der Waals surface area contributed by atoms with E-state index in [1.54, 1.807) is 5.31 Å². The molecular weight excluding hydrogens is 337 g/mol. The first-order chi connectivity index (χ1) is 12.8. The first kappa shape index (κ1) is 17.7. The van der Waals surface area contributed by atoms with Crippen LogP contribution in [0.2, 0.25) is 0 Å². The molecule has 26 heavy (non-hydrogen) atoms. The maximum absolute atomic E-state index is 5.56. The Balaban J connectivity index is 1.67. The van der Waals surface area contributed by atoms with Crippen molar-refractivity contribution in [1.29, 1.82) is 0 Å². The van der Waals surface area contributed by atoms with Gasteiger partial charge >= 0.3 is 0 Å². The average Bonchev–Trinajstić information content (AvgIpc) is 3.19. The van der Waals surface area contributed by atoms with E-state index in [4.69, 9.17) is 4.74 Å². The molecule has 2 atom stereocenters. The predicted molar refractivity (Wildman–Crippen MR) is 112 cm³/mol. The number of hydrogen-bond acceptors (Lipinski definition) is 2. The molecule has 2 aromatic carbocycles. The summed E-state index contributed by atoms with van der Waals surface area (Å²) in [4.78, 5) is 2.58. The van der Waals surface area contributed by atoms with Crippen LogP contribution in [0.1, 0.15) is 6.92 Å². The fraction of sp³-hybridized carbons (Fsp3) is 0.304. The summed E-state index contributed by atoms with van der Waals surface area (Å²) in [5.74, 6) is 0.472. The molecule has 0 spiro atoms. The summed E-state index contributed by atoms with van der Waals surface area (Å²) in [6, 6.07) is 22.5. The van der Waals surface area contributed by atoms with Crippen LogP contribution >= 0.6 is 7.92 Å². The lowest BCUT2D eigenvalue weighted by Gasteiger charge is -2.37. The van der Waals surface area contributed by atoms with Gasteiger partial charge in [-0.1, -0.05) is 78.9 Å². The molecule has 1 saturated heterocycles. The van der Waals surface area contributed by atoms with Gasteiger partial charge < -0.3 is 4.74 Å². The Hall–Kier alpha value is -1.73. The Kier molecular flexibility index (Phi) is 5.65. The van der Waals surface area contributed by atoms with Crippen LogP contribution in [0.3, 0.4) is 0 Å². The minimum atomic E-state index is -0.504. The van der Waals surface area contributed by atoms with Crippen molar-refractivity contribution in [2.45, 2.75) is 13.0 Å². The third-order valence-electron chi connectivity index (χ3n) is 5.36. The molecule has 0 saturated carbocycles. The highest BCUT2D eigenvalue weighted by Crippen LogP contribution is 2.50. The topological polar surface area (TPSA) is 12.5 Å². The normalized spacial score (nSPS) is 21.8. The molecule has 0 amide bonds. The van der Waals surface area contributed by atoms with Crippen molar-refractivity contribution in [3.8, 4) is 0 Å². The summed E-state index contributed by atoms with van der Waals surface area (Å²) >= 11 is 0. The Morgan fingerprint density at radius 3 is 2.08 bits per heavy atom. The molecule has 1 heterocycles. The van der Waals surface area contributed by atoms with E-state index in [2.05, 4.69) is 90.7 Å². The summed E-state index contributed by atoms with van der Waals surface area (Å²) in [5, 5.41) is 4.43. The van der Waals surface area contributed by atoms with Gasteiger partial charge in [0, 0.05) is 25.0 Å². The lowest BCUT2D eigenvalue weighted by atomic mass is 10.0. The van der Waals surface area contributed by atoms with Gasteiger partial charge in [-0.05, 0) is 30.8 Å². The molecule has 1 fully saturated rings. The number of morpholine rings is 1. The molecule has 3 heteroatoms. The monoisotopic (exact) mass is 363 g/mol. The van der Waals surface area contributed by atoms with Gasteiger partial charge in [0.25, 0.3) is 0 Å². The lowest BCUT2D eigenvalue weighted by molar-refractivity contribution is 0.0153. The van der Waals surface area contributed by atoms with Gasteiger partial charge in [-0.3, -0.25) is 4.90 Å². The minimum absolute atomic E-state index is 0.472. The van der Waals surface area contributed by atoms with E-state index in [1.807, 2.05) is 0 Å². The van der Waals surface area contributed by atoms with Crippen LogP contribution in [0.4, 0.5) is 0 Å². The number of benzene rings is 2. The fourth-order valence-electron chi connectivity index (χ4n) is 3.93. The Morgan fingerprint density at radius 2 is 1.50 bits per heavy atom. The van der Waals surface area contributed by atoms with Crippen LogP contribution in [0.25, 0.3) is 0 Å². The highest BCUT2D eigenvalue weighted by molar-refractivity contribution is 7.76. The van der Waals surface area contributed by atoms with E-state index in [1.165, 1.54) is 10.6 Å². The zero-order chi connectivity index (χ0) is 17.8. The second kappa shape index (κ2) is 8.31. The largest absolute Gasteiger partial charge is 0.379 e. The summed E-state index contributed by atoms with van der Waals surface area (Å²) in [6.45, 7) is 6.15. The van der Waals surface area contributed by atoms with Gasteiger partial charge in [-0.2, -0.15) is 0 Å². The van der Waals surface area contributed by atoms with Gasteiger partial charge in [0.15, 0.2) is 0 Å². The maximum atomic E-state index is 5.56. The first-order valence-electron chi connectivity index (χ1n) is 9.45. The molecule has 0 N–H and O–H groups in total. The van der Waals surface area contributed by atoms with E-state index in [-0.39, 0.29) is 0 Å². The minimum Gasteiger partial charge on any atom is -0.379 e. The van der Waals surface area contributed by atoms with Crippen LogP contribution in [0.5, 0.6) is 0 Å². The van der Waals surface area contributed by atoms with Crippen molar-refractivity contribution in [3.63, 3.8) is 0 Å². The Morgan fingerprint density at radius 1 is 0.923 bits per heavy atom. The van der Waals surface area contributed by atoms with Crippen molar-refractivity contribution in [2.75, 3.05) is 26.3 Å². The van der Waals surface area contributed by atoms with E-state index in [0.29, 0.717) is 12.0 Å². The molecule has 134 valence electrons. The molecule has 4 rings (SSSR count). The summed E-state index contributed by atoms with van der Waals surface area (Å²) in [7, 11) is -0.504. The number of ether oxygens (including phenoxy) is 1. The molecule has 0 radical (unpaired) electrons. The molecule has 1 aliphatic carbocycles. The van der Waals surface area contributed by atoms with Gasteiger partial charge in [0.1, 0.15) is 0 Å². The van der Waals surface area contributed by atoms with Crippen molar-refractivity contribution in [2.24, 2.45) is 5.92 Å². The number of rotatable bonds is 5. The van der Waals surface area contributed by atoms with Crippen molar-refractivity contribution in [3.05, 3.63) is 84.2 Å². The van der Waals surface area contributed by atoms with Crippen LogP contribution in [0.15, 0.2) is 84.2 Å². The Bertz CT molecular complexity index is 726. The molecule has 2 nitrogen and oxygen atoms in total. The molecular formula is C23H26NOP. The summed E-state index contributed by atoms with van der Waals surface area (Å²) in [6.07, 6.45) is 7.03. The van der Waals surface area contributed by atoms with Gasteiger partial charge in [0.05, 0.1) is 13.2 Å². The number of allylic oxidation sites excluding steroid dienone is 2. The molecule has 0 aromatic heterocycles. The number of nitrogens with zero attached hydrogens (tertiary/aromatic N) is 1. The first-order valence-corrected chi connectivity index (χ1v) is 10.8. The summed E-state index contributed by atoms with van der Waals surface area (Å²) < 4.78 is 5.56. The second-order valence-corrected chi connectivity index (χ2v) is 9.12. The van der Waals surface area contributed by atoms with Crippen LogP contribution in [-0.2, 0) is 4.74 Å². The average molecular weight is 363 g/mol. The molecule has 1 unspecified atom stereocenters. The van der Waals surface area contributed by atoms with E-state index in [9.17, 15) is 0 Å². The third kappa shape index (κ3) is 3.69. The molecule has 0 bridgehead atoms. The van der Waals surface area contributed by atoms with Gasteiger partial charge in [-0.25, -0.2) is 0 Å². The lowest BCUT2D eigenvalue weighted by Crippen LogP contribution is -2.45. The fourth-order valence-corrected chi connectivity index (χ4v) is 6.60. The highest BCUT2D eigenvalue weighted by atomic mass is 31.1. The SMILES string of the molecule is C[C@@H](C1C=CC=C1P(c1ccccc1)c1ccccc1)N1CCOCC1. The zero-order valence-corrected chi connectivity index (χ0v) is 16.2. The second-order valence-electron chi connectivity index (χ2n) is 6.90. The standard InChI is InChI=1S/C23H26NOP/c1-19(24-15-17-25-18-16-24)22-13-8-14-23(22)26(20-9-4-2-5-10-20)21-11-6-3-7-12-21/h2-14,19,22H,15-18H2,1H3/t19-,22?/m0/s1. The van der Waals surface area contributed by atoms with Crippen LogP contribution in [-0.4, -0.2) is 37.2 Å². The maximum Gasteiger partial charge on any atom is 0.0594 e. The quantitative estimate of drug-likeness (QED) is 0.747. The van der Waals surface area contributed by atoms with E-state index in [0.717, 1.165) is 26.3 Å². The molecule has 2 aliphatic rings. The van der Waals surface area contributed by atoms with Crippen molar-refractivity contribution < 1.29 is 4.74 Å². The third-order valence-corrected chi connectivity index (χ3v) is 7.95. The van der Waals surface area contributed by atoms with E-state index >= 15 is 0 Å². The van der Waals surface area contributed by atoms with Gasteiger partial charge in [-0.15, -0.1) is 0 Å². The highest BCUT2D eigenvalue weighted by Gasteiger charge is 2.32. The van der Waals surface area contributed by atoms with Crippen LogP contribution in [0, 0.1) is 5.92 Å². The summed E-state index contributed by atoms with van der Waals surface area (Å²) in [5.41, 5.74) is 0. The van der Waals surface area contributed by atoms with E-state index < -0.39 is 7.92 Å². The molecule has 1 aliphatic heterocycles. The zero-order valence-electron chi connectivity index (χ0n) is 15.3. The Labute approximate surface area is 157 Å². The van der Waals surface area contributed by atoms with Crippen molar-refractivity contribution in [1.82, 2.24) is 4.90 Å². The smallest absolute Gasteiger partial charge is 0.0594 e. The van der Waals surface area contributed by atoms with Crippen molar-refractivity contribution >= 4 is 18.5 Å². The molecule has 2 aromatic rings. The number of hydrogen-bond donors (Lipinski definition) is 0. The predicted octanol–water partition coefficient (Wildman–Crippen LogP) is 3.91.